The Hall–Kier alpha value is -1.33. The van der Waals surface area contributed by atoms with Gasteiger partial charge in [-0.3, -0.25) is 9.69 Å². The maximum atomic E-state index is 11.7. The van der Waals surface area contributed by atoms with Gasteiger partial charge in [0.25, 0.3) is 5.56 Å². The van der Waals surface area contributed by atoms with Crippen LogP contribution in [0, 0.1) is 0 Å². The fourth-order valence-corrected chi connectivity index (χ4v) is 2.05. The third-order valence-corrected chi connectivity index (χ3v) is 3.30. The quantitative estimate of drug-likeness (QED) is 0.781. The van der Waals surface area contributed by atoms with E-state index in [2.05, 4.69) is 16.8 Å². The zero-order valence-electron chi connectivity index (χ0n) is 10.3. The lowest BCUT2D eigenvalue weighted by Gasteiger charge is -2.32. The molecule has 2 heterocycles. The van der Waals surface area contributed by atoms with Gasteiger partial charge >= 0.3 is 0 Å². The molecule has 2 rings (SSSR count). The largest absolute Gasteiger partial charge is 0.394 e. The molecule has 1 aromatic heterocycles. The number of nitrogens with zero attached hydrogens (tertiary/aromatic N) is 3. The van der Waals surface area contributed by atoms with Crippen LogP contribution >= 0.6 is 0 Å². The first kappa shape index (κ1) is 12.1. The van der Waals surface area contributed by atoms with E-state index in [1.54, 1.807) is 16.8 Å². The Labute approximate surface area is 101 Å². The summed E-state index contributed by atoms with van der Waals surface area (Å²) in [5, 5.41) is 0. The summed E-state index contributed by atoms with van der Waals surface area (Å²) in [6, 6.07) is 3.47. The molecule has 5 nitrogen and oxygen atoms in total. The van der Waals surface area contributed by atoms with Crippen molar-refractivity contribution < 1.29 is 0 Å². The van der Waals surface area contributed by atoms with Crippen LogP contribution in [0.1, 0.15) is 0 Å². The number of nitrogens with two attached hydrogens (primary N) is 1. The highest BCUT2D eigenvalue weighted by molar-refractivity contribution is 5.33. The SMILES string of the molecule is CN1CCN(CCn2cccc(N)c2=O)CC1. The smallest absolute Gasteiger partial charge is 0.273 e. The van der Waals surface area contributed by atoms with Gasteiger partial charge in [0.15, 0.2) is 0 Å². The van der Waals surface area contributed by atoms with E-state index in [-0.39, 0.29) is 5.56 Å². The minimum atomic E-state index is -0.0818. The molecule has 0 amide bonds. The normalized spacial score (nSPS) is 18.4. The summed E-state index contributed by atoms with van der Waals surface area (Å²) in [5.41, 5.74) is 5.84. The maximum absolute atomic E-state index is 11.7. The maximum Gasteiger partial charge on any atom is 0.273 e. The van der Waals surface area contributed by atoms with E-state index in [9.17, 15) is 4.79 Å². The van der Waals surface area contributed by atoms with Crippen molar-refractivity contribution in [2.75, 3.05) is 45.5 Å². The molecular weight excluding hydrogens is 216 g/mol. The number of anilines is 1. The Balaban J connectivity index is 1.90. The first-order valence-electron chi connectivity index (χ1n) is 6.02. The number of rotatable bonds is 3. The Kier molecular flexibility index (Phi) is 3.81. The lowest BCUT2D eigenvalue weighted by atomic mass is 10.3. The molecule has 1 saturated heterocycles. The topological polar surface area (TPSA) is 54.5 Å². The fraction of sp³-hybridized carbons (Fsp3) is 0.583. The van der Waals surface area contributed by atoms with Crippen molar-refractivity contribution in [2.45, 2.75) is 6.54 Å². The average molecular weight is 236 g/mol. The van der Waals surface area contributed by atoms with Crippen LogP contribution in [0.5, 0.6) is 0 Å². The molecule has 0 spiro atoms. The van der Waals surface area contributed by atoms with Crippen LogP contribution in [0.25, 0.3) is 0 Å². The molecule has 1 aliphatic heterocycles. The number of hydrogen-bond donors (Lipinski definition) is 1. The summed E-state index contributed by atoms with van der Waals surface area (Å²) in [4.78, 5) is 16.4. The van der Waals surface area contributed by atoms with E-state index in [1.807, 2.05) is 6.07 Å². The number of pyridine rings is 1. The van der Waals surface area contributed by atoms with Gasteiger partial charge in [-0.15, -0.1) is 0 Å². The van der Waals surface area contributed by atoms with Crippen molar-refractivity contribution in [1.82, 2.24) is 14.4 Å². The molecule has 0 unspecified atom stereocenters. The standard InChI is InChI=1S/C12H20N4O/c1-14-5-7-15(8-6-14)9-10-16-4-2-3-11(13)12(16)17/h2-4H,5-10,13H2,1H3. The van der Waals surface area contributed by atoms with Crippen molar-refractivity contribution in [3.63, 3.8) is 0 Å². The Morgan fingerprint density at radius 1 is 1.24 bits per heavy atom. The van der Waals surface area contributed by atoms with Crippen LogP contribution in [0.4, 0.5) is 5.69 Å². The molecule has 1 aliphatic rings. The Morgan fingerprint density at radius 3 is 2.65 bits per heavy atom. The van der Waals surface area contributed by atoms with Crippen LogP contribution in [-0.2, 0) is 6.54 Å². The van der Waals surface area contributed by atoms with Crippen LogP contribution < -0.4 is 11.3 Å². The molecule has 17 heavy (non-hydrogen) atoms. The first-order chi connectivity index (χ1) is 8.16. The van der Waals surface area contributed by atoms with Gasteiger partial charge in [-0.2, -0.15) is 0 Å². The number of aromatic nitrogens is 1. The van der Waals surface area contributed by atoms with E-state index in [1.165, 1.54) is 0 Å². The molecule has 1 fully saturated rings. The third-order valence-electron chi connectivity index (χ3n) is 3.30. The fourth-order valence-electron chi connectivity index (χ4n) is 2.05. The molecule has 0 bridgehead atoms. The van der Waals surface area contributed by atoms with Gasteiger partial charge in [0, 0.05) is 45.5 Å². The second kappa shape index (κ2) is 5.33. The zero-order valence-corrected chi connectivity index (χ0v) is 10.3. The highest BCUT2D eigenvalue weighted by Gasteiger charge is 2.13. The van der Waals surface area contributed by atoms with Crippen LogP contribution in [0.3, 0.4) is 0 Å². The summed E-state index contributed by atoms with van der Waals surface area (Å²) in [6.45, 7) is 5.99. The minimum absolute atomic E-state index is 0.0818. The summed E-state index contributed by atoms with van der Waals surface area (Å²) >= 11 is 0. The number of nitrogen functional groups attached to an aromatic ring is 1. The van der Waals surface area contributed by atoms with Crippen molar-refractivity contribution in [3.05, 3.63) is 28.7 Å². The van der Waals surface area contributed by atoms with Gasteiger partial charge in [-0.25, -0.2) is 0 Å². The molecule has 0 atom stereocenters. The van der Waals surface area contributed by atoms with E-state index >= 15 is 0 Å². The van der Waals surface area contributed by atoms with E-state index in [0.29, 0.717) is 12.2 Å². The lowest BCUT2D eigenvalue weighted by molar-refractivity contribution is 0.150. The average Bonchev–Trinajstić information content (AvgIpc) is 2.33. The second-order valence-electron chi connectivity index (χ2n) is 4.61. The number of hydrogen-bond acceptors (Lipinski definition) is 4. The molecule has 1 aromatic rings. The summed E-state index contributed by atoms with van der Waals surface area (Å²) < 4.78 is 1.69. The Morgan fingerprint density at radius 2 is 1.94 bits per heavy atom. The summed E-state index contributed by atoms with van der Waals surface area (Å²) in [6.07, 6.45) is 1.80. The number of piperazine rings is 1. The molecule has 94 valence electrons. The highest BCUT2D eigenvalue weighted by atomic mass is 16.1. The second-order valence-corrected chi connectivity index (χ2v) is 4.61. The van der Waals surface area contributed by atoms with Gasteiger partial charge in [0.05, 0.1) is 5.69 Å². The Bertz CT molecular complexity index is 421. The lowest BCUT2D eigenvalue weighted by Crippen LogP contribution is -2.45. The molecule has 2 N–H and O–H groups in total. The zero-order chi connectivity index (χ0) is 12.3. The predicted octanol–water partition coefficient (Wildman–Crippen LogP) is -0.322. The molecular formula is C12H20N4O. The van der Waals surface area contributed by atoms with Gasteiger partial charge in [0.1, 0.15) is 0 Å². The van der Waals surface area contributed by atoms with Crippen molar-refractivity contribution >= 4 is 5.69 Å². The first-order valence-corrected chi connectivity index (χ1v) is 6.02. The van der Waals surface area contributed by atoms with Crippen LogP contribution in [-0.4, -0.2) is 54.1 Å². The van der Waals surface area contributed by atoms with Gasteiger partial charge in [-0.1, -0.05) is 0 Å². The predicted molar refractivity (Wildman–Crippen MR) is 69.1 cm³/mol. The van der Waals surface area contributed by atoms with E-state index in [0.717, 1.165) is 32.7 Å². The molecule has 5 heteroatoms. The van der Waals surface area contributed by atoms with Gasteiger partial charge < -0.3 is 15.2 Å². The van der Waals surface area contributed by atoms with E-state index in [4.69, 9.17) is 5.73 Å². The summed E-state index contributed by atoms with van der Waals surface area (Å²) in [5.74, 6) is 0. The van der Waals surface area contributed by atoms with Crippen molar-refractivity contribution in [3.8, 4) is 0 Å². The molecule has 0 saturated carbocycles. The molecule has 0 aromatic carbocycles. The number of likely N-dealkylation sites (N-methyl/N-ethyl adjacent to an activating group) is 1. The van der Waals surface area contributed by atoms with Crippen LogP contribution in [0.2, 0.25) is 0 Å². The highest BCUT2D eigenvalue weighted by Crippen LogP contribution is 1.99. The third kappa shape index (κ3) is 3.08. The summed E-state index contributed by atoms with van der Waals surface area (Å²) in [7, 11) is 2.14. The molecule has 0 aliphatic carbocycles. The monoisotopic (exact) mass is 236 g/mol. The van der Waals surface area contributed by atoms with E-state index < -0.39 is 0 Å². The van der Waals surface area contributed by atoms with Gasteiger partial charge in [-0.05, 0) is 19.2 Å². The minimum Gasteiger partial charge on any atom is -0.394 e. The molecule has 0 radical (unpaired) electrons. The van der Waals surface area contributed by atoms with Crippen LogP contribution in [0.15, 0.2) is 23.1 Å². The van der Waals surface area contributed by atoms with Crippen molar-refractivity contribution in [1.29, 1.82) is 0 Å². The van der Waals surface area contributed by atoms with Gasteiger partial charge in [0.2, 0.25) is 0 Å². The van der Waals surface area contributed by atoms with Crippen molar-refractivity contribution in [2.24, 2.45) is 0 Å².